The third kappa shape index (κ3) is 2.49. The molecular weight excluding hydrogens is 184 g/mol. The molecule has 1 aromatic heterocycles. The van der Waals surface area contributed by atoms with Crippen LogP contribution < -0.4 is 5.32 Å². The molecule has 2 rings (SSSR count). The molecule has 0 bridgehead atoms. The summed E-state index contributed by atoms with van der Waals surface area (Å²) in [7, 11) is 0. The molecule has 1 saturated carbocycles. The predicted octanol–water partition coefficient (Wildman–Crippen LogP) is 1.10. The van der Waals surface area contributed by atoms with Crippen LogP contribution in [0.5, 0.6) is 0 Å². The van der Waals surface area contributed by atoms with Crippen molar-refractivity contribution >= 4 is 11.3 Å². The summed E-state index contributed by atoms with van der Waals surface area (Å²) < 4.78 is 0. The van der Waals surface area contributed by atoms with Crippen LogP contribution in [0.15, 0.2) is 5.38 Å². The highest BCUT2D eigenvalue weighted by Crippen LogP contribution is 2.41. The van der Waals surface area contributed by atoms with Crippen LogP contribution in [-0.4, -0.2) is 23.2 Å². The first-order valence-electron chi connectivity index (χ1n) is 4.66. The molecule has 13 heavy (non-hydrogen) atoms. The number of aliphatic hydroxyl groups is 1. The van der Waals surface area contributed by atoms with Crippen molar-refractivity contribution in [2.24, 2.45) is 0 Å². The highest BCUT2D eigenvalue weighted by Gasteiger charge is 2.26. The number of nitrogens with zero attached hydrogens (tertiary/aromatic N) is 1. The topological polar surface area (TPSA) is 45.1 Å². The molecule has 1 fully saturated rings. The van der Waals surface area contributed by atoms with E-state index in [1.807, 2.05) is 0 Å². The molecule has 72 valence electrons. The number of thiazole rings is 1. The Kier molecular flexibility index (Phi) is 2.93. The Bertz CT molecular complexity index is 270. The third-order valence-corrected chi connectivity index (χ3v) is 3.15. The Balaban J connectivity index is 1.82. The maximum Gasteiger partial charge on any atom is 0.0959 e. The first-order chi connectivity index (χ1) is 6.40. The van der Waals surface area contributed by atoms with Crippen LogP contribution in [0.3, 0.4) is 0 Å². The zero-order valence-corrected chi connectivity index (χ0v) is 8.31. The molecule has 0 amide bonds. The molecular formula is C9H14N2OS. The van der Waals surface area contributed by atoms with Gasteiger partial charge < -0.3 is 10.4 Å². The maximum absolute atomic E-state index is 8.57. The van der Waals surface area contributed by atoms with E-state index in [0.717, 1.165) is 18.2 Å². The Labute approximate surface area is 81.8 Å². The van der Waals surface area contributed by atoms with Crippen molar-refractivity contribution in [2.45, 2.75) is 25.3 Å². The molecule has 0 saturated heterocycles. The standard InChI is InChI=1S/C9H14N2OS/c12-4-3-10-5-8-6-13-9(11-8)7-1-2-7/h6-7,10,12H,1-5H2. The van der Waals surface area contributed by atoms with Gasteiger partial charge in [0.2, 0.25) is 0 Å². The van der Waals surface area contributed by atoms with Gasteiger partial charge in [-0.3, -0.25) is 0 Å². The summed E-state index contributed by atoms with van der Waals surface area (Å²) >= 11 is 1.76. The fraction of sp³-hybridized carbons (Fsp3) is 0.667. The van der Waals surface area contributed by atoms with E-state index in [1.165, 1.54) is 17.8 Å². The SMILES string of the molecule is OCCNCc1csc(C2CC2)n1. The van der Waals surface area contributed by atoms with Crippen molar-refractivity contribution in [3.63, 3.8) is 0 Å². The molecule has 0 aliphatic heterocycles. The third-order valence-electron chi connectivity index (χ3n) is 2.09. The van der Waals surface area contributed by atoms with E-state index in [-0.39, 0.29) is 6.61 Å². The van der Waals surface area contributed by atoms with Crippen LogP contribution in [-0.2, 0) is 6.54 Å². The fourth-order valence-corrected chi connectivity index (χ4v) is 2.21. The second-order valence-electron chi connectivity index (χ2n) is 3.35. The van der Waals surface area contributed by atoms with Gasteiger partial charge >= 0.3 is 0 Å². The van der Waals surface area contributed by atoms with Crippen molar-refractivity contribution in [3.05, 3.63) is 16.1 Å². The lowest BCUT2D eigenvalue weighted by atomic mass is 10.4. The number of aliphatic hydroxyl groups excluding tert-OH is 1. The van der Waals surface area contributed by atoms with Gasteiger partial charge in [0.1, 0.15) is 0 Å². The molecule has 0 spiro atoms. The van der Waals surface area contributed by atoms with Crippen LogP contribution in [0.25, 0.3) is 0 Å². The van der Waals surface area contributed by atoms with E-state index < -0.39 is 0 Å². The van der Waals surface area contributed by atoms with Crippen LogP contribution in [0.4, 0.5) is 0 Å². The Morgan fingerprint density at radius 3 is 3.15 bits per heavy atom. The quantitative estimate of drug-likeness (QED) is 0.696. The van der Waals surface area contributed by atoms with Gasteiger partial charge in [0.05, 0.1) is 17.3 Å². The van der Waals surface area contributed by atoms with Gasteiger partial charge in [-0.1, -0.05) is 0 Å². The van der Waals surface area contributed by atoms with Crippen molar-refractivity contribution in [2.75, 3.05) is 13.2 Å². The van der Waals surface area contributed by atoms with Crippen molar-refractivity contribution in [1.29, 1.82) is 0 Å². The van der Waals surface area contributed by atoms with E-state index in [1.54, 1.807) is 11.3 Å². The maximum atomic E-state index is 8.57. The van der Waals surface area contributed by atoms with Gasteiger partial charge in [-0.25, -0.2) is 4.98 Å². The van der Waals surface area contributed by atoms with Crippen molar-refractivity contribution in [1.82, 2.24) is 10.3 Å². The lowest BCUT2D eigenvalue weighted by Gasteiger charge is -1.97. The minimum Gasteiger partial charge on any atom is -0.395 e. The van der Waals surface area contributed by atoms with Gasteiger partial charge in [-0.15, -0.1) is 11.3 Å². The average molecular weight is 198 g/mol. The van der Waals surface area contributed by atoms with Crippen LogP contribution in [0, 0.1) is 0 Å². The van der Waals surface area contributed by atoms with Gasteiger partial charge in [-0.2, -0.15) is 0 Å². The first kappa shape index (κ1) is 9.12. The number of hydrogen-bond acceptors (Lipinski definition) is 4. The summed E-state index contributed by atoms with van der Waals surface area (Å²) in [6.07, 6.45) is 2.63. The molecule has 3 nitrogen and oxygen atoms in total. The lowest BCUT2D eigenvalue weighted by Crippen LogP contribution is -2.17. The Morgan fingerprint density at radius 1 is 1.62 bits per heavy atom. The summed E-state index contributed by atoms with van der Waals surface area (Å²) in [5.74, 6) is 0.761. The smallest absolute Gasteiger partial charge is 0.0959 e. The summed E-state index contributed by atoms with van der Waals surface area (Å²) in [5, 5.41) is 15.1. The Hall–Kier alpha value is -0.450. The molecule has 0 radical (unpaired) electrons. The van der Waals surface area contributed by atoms with E-state index >= 15 is 0 Å². The summed E-state index contributed by atoms with van der Waals surface area (Å²) in [6.45, 7) is 1.62. The fourth-order valence-electron chi connectivity index (χ4n) is 1.22. The van der Waals surface area contributed by atoms with Crippen molar-refractivity contribution in [3.8, 4) is 0 Å². The number of nitrogens with one attached hydrogen (secondary N) is 1. The number of aromatic nitrogens is 1. The lowest BCUT2D eigenvalue weighted by molar-refractivity contribution is 0.291. The van der Waals surface area contributed by atoms with Crippen LogP contribution >= 0.6 is 11.3 Å². The largest absolute Gasteiger partial charge is 0.395 e. The zero-order chi connectivity index (χ0) is 9.10. The highest BCUT2D eigenvalue weighted by atomic mass is 32.1. The van der Waals surface area contributed by atoms with E-state index in [9.17, 15) is 0 Å². The summed E-state index contributed by atoms with van der Waals surface area (Å²) in [5.41, 5.74) is 1.11. The molecule has 0 unspecified atom stereocenters. The molecule has 1 heterocycles. The molecule has 1 aromatic rings. The normalized spacial score (nSPS) is 16.4. The van der Waals surface area contributed by atoms with E-state index in [4.69, 9.17) is 5.11 Å². The predicted molar refractivity (Wildman–Crippen MR) is 52.9 cm³/mol. The highest BCUT2D eigenvalue weighted by molar-refractivity contribution is 7.09. The number of rotatable bonds is 5. The second-order valence-corrected chi connectivity index (χ2v) is 4.24. The second kappa shape index (κ2) is 4.17. The minimum atomic E-state index is 0.194. The van der Waals surface area contributed by atoms with Crippen LogP contribution in [0.1, 0.15) is 29.5 Å². The summed E-state index contributed by atoms with van der Waals surface area (Å²) in [6, 6.07) is 0. The minimum absolute atomic E-state index is 0.194. The van der Waals surface area contributed by atoms with Crippen molar-refractivity contribution < 1.29 is 5.11 Å². The van der Waals surface area contributed by atoms with E-state index in [2.05, 4.69) is 15.7 Å². The molecule has 4 heteroatoms. The van der Waals surface area contributed by atoms with Gasteiger partial charge in [0.25, 0.3) is 0 Å². The number of hydrogen-bond donors (Lipinski definition) is 2. The van der Waals surface area contributed by atoms with Gasteiger partial charge in [-0.05, 0) is 12.8 Å². The van der Waals surface area contributed by atoms with Gasteiger partial charge in [0.15, 0.2) is 0 Å². The van der Waals surface area contributed by atoms with Gasteiger partial charge in [0, 0.05) is 24.4 Å². The molecule has 0 atom stereocenters. The Morgan fingerprint density at radius 2 is 2.46 bits per heavy atom. The van der Waals surface area contributed by atoms with E-state index in [0.29, 0.717) is 6.54 Å². The monoisotopic (exact) mass is 198 g/mol. The molecule has 1 aliphatic carbocycles. The summed E-state index contributed by atoms with van der Waals surface area (Å²) in [4.78, 5) is 4.52. The molecule has 1 aliphatic rings. The average Bonchev–Trinajstić information content (AvgIpc) is 2.88. The van der Waals surface area contributed by atoms with Crippen LogP contribution in [0.2, 0.25) is 0 Å². The zero-order valence-electron chi connectivity index (χ0n) is 7.49. The molecule has 0 aromatic carbocycles. The first-order valence-corrected chi connectivity index (χ1v) is 5.54. The molecule has 2 N–H and O–H groups in total.